The number of carbonyl (C=O) groups is 2. The molecule has 0 bridgehead atoms. The van der Waals surface area contributed by atoms with Gasteiger partial charge in [-0.1, -0.05) is 45.9 Å². The number of phenols is 1. The van der Waals surface area contributed by atoms with Crippen LogP contribution in [0.2, 0.25) is 0 Å². The maximum Gasteiger partial charge on any atom is 0.427 e. The zero-order chi connectivity index (χ0) is 27.4. The summed E-state index contributed by atoms with van der Waals surface area (Å²) in [5.74, 6) is -0.184. The maximum atomic E-state index is 13.8. The molecular weight excluding hydrogens is 482 g/mol. The summed E-state index contributed by atoms with van der Waals surface area (Å²) in [7, 11) is 2.16. The number of hydrazine groups is 1. The van der Waals surface area contributed by atoms with Gasteiger partial charge in [0.05, 0.1) is 5.56 Å². The number of carbonyl (C=O) groups excluding carboxylic acids is 2. The van der Waals surface area contributed by atoms with Gasteiger partial charge in [-0.05, 0) is 41.3 Å². The van der Waals surface area contributed by atoms with Crippen LogP contribution in [0.15, 0.2) is 30.3 Å². The van der Waals surface area contributed by atoms with Crippen LogP contribution >= 0.6 is 0 Å². The van der Waals surface area contributed by atoms with Crippen LogP contribution in [0.5, 0.6) is 11.5 Å². The minimum atomic E-state index is -0.697. The number of amides is 2. The Morgan fingerprint density at radius 2 is 1.71 bits per heavy atom. The summed E-state index contributed by atoms with van der Waals surface area (Å²) in [6.45, 7) is 15.1. The van der Waals surface area contributed by atoms with Gasteiger partial charge in [0, 0.05) is 65.0 Å². The van der Waals surface area contributed by atoms with Gasteiger partial charge < -0.3 is 19.6 Å². The first-order valence-corrected chi connectivity index (χ1v) is 13.6. The Morgan fingerprint density at radius 1 is 1.03 bits per heavy atom. The second kappa shape index (κ2) is 12.1. The molecular formula is C29H41N5O4. The third-order valence-corrected chi connectivity index (χ3v) is 7.48. The smallest absolute Gasteiger partial charge is 0.427 e. The zero-order valence-electron chi connectivity index (χ0n) is 23.3. The van der Waals surface area contributed by atoms with E-state index in [1.807, 2.05) is 27.7 Å². The molecule has 1 fully saturated rings. The molecule has 0 spiro atoms. The summed E-state index contributed by atoms with van der Waals surface area (Å²) in [5.41, 5.74) is 7.11. The van der Waals surface area contributed by atoms with Gasteiger partial charge in [0.15, 0.2) is 0 Å². The monoisotopic (exact) mass is 523 g/mol. The number of hydrogen-bond donors (Lipinski definition) is 2. The van der Waals surface area contributed by atoms with E-state index in [4.69, 9.17) is 4.74 Å². The third-order valence-electron chi connectivity index (χ3n) is 7.48. The molecule has 0 aliphatic carbocycles. The summed E-state index contributed by atoms with van der Waals surface area (Å²) in [6.07, 6.45) is -0.697. The molecule has 0 saturated carbocycles. The largest absolute Gasteiger partial charge is 0.508 e. The summed E-state index contributed by atoms with van der Waals surface area (Å²) in [5, 5.41) is 12.3. The van der Waals surface area contributed by atoms with E-state index in [2.05, 4.69) is 40.5 Å². The minimum Gasteiger partial charge on any atom is -0.508 e. The highest BCUT2D eigenvalue weighted by molar-refractivity contribution is 5.98. The fourth-order valence-electron chi connectivity index (χ4n) is 5.06. The lowest BCUT2D eigenvalue weighted by Gasteiger charge is -2.32. The first-order valence-electron chi connectivity index (χ1n) is 13.6. The number of phenolic OH excluding ortho intramolecular Hbond substituents is 1. The number of hydrogen-bond acceptors (Lipinski definition) is 7. The van der Waals surface area contributed by atoms with Gasteiger partial charge in [0.1, 0.15) is 11.5 Å². The van der Waals surface area contributed by atoms with E-state index in [1.165, 1.54) is 11.6 Å². The zero-order valence-corrected chi connectivity index (χ0v) is 23.3. The maximum absolute atomic E-state index is 13.8. The Kier molecular flexibility index (Phi) is 8.91. The van der Waals surface area contributed by atoms with Crippen molar-refractivity contribution in [3.8, 4) is 11.5 Å². The van der Waals surface area contributed by atoms with Gasteiger partial charge >= 0.3 is 6.09 Å². The third kappa shape index (κ3) is 6.46. The quantitative estimate of drug-likeness (QED) is 0.510. The van der Waals surface area contributed by atoms with E-state index >= 15 is 0 Å². The van der Waals surface area contributed by atoms with Crippen LogP contribution in [-0.4, -0.2) is 83.1 Å². The molecule has 2 aliphatic rings. The van der Waals surface area contributed by atoms with Crippen LogP contribution in [0.25, 0.3) is 0 Å². The molecule has 2 N–H and O–H groups in total. The van der Waals surface area contributed by atoms with Crippen molar-refractivity contribution in [3.05, 3.63) is 58.1 Å². The van der Waals surface area contributed by atoms with Crippen molar-refractivity contribution < 1.29 is 19.4 Å². The van der Waals surface area contributed by atoms with Crippen LogP contribution in [-0.2, 0) is 19.6 Å². The first-order chi connectivity index (χ1) is 18.2. The molecule has 2 heterocycles. The molecule has 38 heavy (non-hydrogen) atoms. The second-order valence-corrected chi connectivity index (χ2v) is 10.6. The van der Waals surface area contributed by atoms with Crippen LogP contribution in [0, 0.1) is 0 Å². The SMILES string of the molecule is CCN(CC)NC(=O)Oc1cc(O)c(C(C)C)cc1C(=O)N1Cc2ccc(CN3CCN(C)CC3)cc2C1. The van der Waals surface area contributed by atoms with Crippen LogP contribution < -0.4 is 10.2 Å². The molecule has 9 nitrogen and oxygen atoms in total. The van der Waals surface area contributed by atoms with Crippen molar-refractivity contribution >= 4 is 12.0 Å². The van der Waals surface area contributed by atoms with Gasteiger partial charge in [0.25, 0.3) is 5.91 Å². The molecule has 1 saturated heterocycles. The van der Waals surface area contributed by atoms with E-state index < -0.39 is 6.09 Å². The number of nitrogens with zero attached hydrogens (tertiary/aromatic N) is 4. The first kappa shape index (κ1) is 27.9. The number of aromatic hydroxyl groups is 1. The molecule has 2 aromatic carbocycles. The molecule has 2 amide bonds. The molecule has 0 radical (unpaired) electrons. The normalized spacial score (nSPS) is 16.2. The summed E-state index contributed by atoms with van der Waals surface area (Å²) in [4.78, 5) is 32.9. The number of likely N-dealkylation sites (N-methyl/N-ethyl adjacent to an activating group) is 1. The van der Waals surface area contributed by atoms with Crippen molar-refractivity contribution in [3.63, 3.8) is 0 Å². The number of nitrogens with one attached hydrogen (secondary N) is 1. The van der Waals surface area contributed by atoms with Crippen molar-refractivity contribution in [1.29, 1.82) is 0 Å². The van der Waals surface area contributed by atoms with E-state index in [0.717, 1.165) is 43.9 Å². The number of piperazine rings is 1. The Balaban J connectivity index is 1.52. The Bertz CT molecular complexity index is 1160. The van der Waals surface area contributed by atoms with Crippen molar-refractivity contribution in [1.82, 2.24) is 25.1 Å². The molecule has 2 aliphatic heterocycles. The van der Waals surface area contributed by atoms with Gasteiger partial charge in [-0.15, -0.1) is 0 Å². The van der Waals surface area contributed by atoms with Gasteiger partial charge in [-0.2, -0.15) is 0 Å². The van der Waals surface area contributed by atoms with Gasteiger partial charge in [-0.3, -0.25) is 15.1 Å². The standard InChI is InChI=1S/C29H41N5O4/c1-6-34(7-2)30-29(37)38-27-16-26(35)24(20(3)4)15-25(27)28(36)33-18-22-9-8-21(14-23(22)19-33)17-32-12-10-31(5)11-13-32/h8-9,14-16,20,35H,6-7,10-13,17-19H2,1-5H3,(H,30,37). The van der Waals surface area contributed by atoms with Gasteiger partial charge in [0.2, 0.25) is 0 Å². The minimum absolute atomic E-state index is 0.000412. The Hall–Kier alpha value is -3.14. The molecule has 0 unspecified atom stereocenters. The van der Waals surface area contributed by atoms with Crippen molar-refractivity contribution in [2.75, 3.05) is 46.3 Å². The summed E-state index contributed by atoms with van der Waals surface area (Å²) in [6, 6.07) is 9.53. The predicted octanol–water partition coefficient (Wildman–Crippen LogP) is 3.76. The molecule has 0 atom stereocenters. The number of benzene rings is 2. The predicted molar refractivity (Wildman–Crippen MR) is 147 cm³/mol. The fourth-order valence-corrected chi connectivity index (χ4v) is 5.06. The van der Waals surface area contributed by atoms with Crippen molar-refractivity contribution in [2.45, 2.75) is 53.2 Å². The molecule has 9 heteroatoms. The van der Waals surface area contributed by atoms with Crippen LogP contribution in [0.3, 0.4) is 0 Å². The average Bonchev–Trinajstić information content (AvgIpc) is 3.31. The van der Waals surface area contributed by atoms with Crippen molar-refractivity contribution in [2.24, 2.45) is 0 Å². The number of ether oxygens (including phenoxy) is 1. The Labute approximate surface area is 225 Å². The lowest BCUT2D eigenvalue weighted by molar-refractivity contribution is 0.0747. The lowest BCUT2D eigenvalue weighted by Crippen LogP contribution is -2.43. The lowest BCUT2D eigenvalue weighted by atomic mass is 9.98. The number of rotatable bonds is 8. The van der Waals surface area contributed by atoms with Gasteiger partial charge in [-0.25, -0.2) is 9.80 Å². The summed E-state index contributed by atoms with van der Waals surface area (Å²) >= 11 is 0. The second-order valence-electron chi connectivity index (χ2n) is 10.6. The number of fused-ring (bicyclic) bond motifs is 1. The highest BCUT2D eigenvalue weighted by atomic mass is 16.6. The van der Waals surface area contributed by atoms with E-state index in [0.29, 0.717) is 31.7 Å². The average molecular weight is 524 g/mol. The molecule has 2 aromatic rings. The molecule has 0 aromatic heterocycles. The molecule has 4 rings (SSSR count). The van der Waals surface area contributed by atoms with E-state index in [9.17, 15) is 14.7 Å². The van der Waals surface area contributed by atoms with E-state index in [1.54, 1.807) is 16.0 Å². The Morgan fingerprint density at radius 3 is 2.37 bits per heavy atom. The topological polar surface area (TPSA) is 88.6 Å². The molecule has 206 valence electrons. The summed E-state index contributed by atoms with van der Waals surface area (Å²) < 4.78 is 5.56. The highest BCUT2D eigenvalue weighted by Crippen LogP contribution is 2.35. The van der Waals surface area contributed by atoms with Crippen LogP contribution in [0.4, 0.5) is 4.79 Å². The highest BCUT2D eigenvalue weighted by Gasteiger charge is 2.29. The fraction of sp³-hybridized carbons (Fsp3) is 0.517. The van der Waals surface area contributed by atoms with E-state index in [-0.39, 0.29) is 28.9 Å². The van der Waals surface area contributed by atoms with Crippen LogP contribution in [0.1, 0.15) is 66.2 Å².